The second-order valence-electron chi connectivity index (χ2n) is 5.57. The van der Waals surface area contributed by atoms with E-state index >= 15 is 0 Å². The number of hydrogen-bond donors (Lipinski definition) is 0. The van der Waals surface area contributed by atoms with Crippen LogP contribution in [-0.4, -0.2) is 35.7 Å². The van der Waals surface area contributed by atoms with Gasteiger partial charge in [0, 0.05) is 26.7 Å². The van der Waals surface area contributed by atoms with Crippen LogP contribution in [0.1, 0.15) is 54.4 Å². The highest BCUT2D eigenvalue weighted by atomic mass is 35.5. The van der Waals surface area contributed by atoms with Gasteiger partial charge >= 0.3 is 5.97 Å². The Labute approximate surface area is 142 Å². The third kappa shape index (κ3) is 25.7. The maximum absolute atomic E-state index is 10.6. The molecular weight excluding hydrogens is 324 g/mol. The van der Waals surface area contributed by atoms with Gasteiger partial charge in [0.2, 0.25) is 5.78 Å². The topological polar surface area (TPSA) is 94.6 Å². The molecule has 0 amide bonds. The van der Waals surface area contributed by atoms with Crippen molar-refractivity contribution < 1.29 is 28.7 Å². The predicted octanol–water partition coefficient (Wildman–Crippen LogP) is 2.74. The van der Waals surface area contributed by atoms with E-state index in [0.717, 1.165) is 0 Å². The van der Waals surface area contributed by atoms with E-state index in [4.69, 9.17) is 11.6 Å². The first kappa shape index (κ1) is 26.3. The summed E-state index contributed by atoms with van der Waals surface area (Å²) in [4.78, 5) is 51.1. The summed E-state index contributed by atoms with van der Waals surface area (Å²) in [5, 5.41) is -0.858. The molecule has 6 nitrogen and oxygen atoms in total. The third-order valence-corrected chi connectivity index (χ3v) is 2.30. The Morgan fingerprint density at radius 3 is 1.22 bits per heavy atom. The molecule has 0 bridgehead atoms. The van der Waals surface area contributed by atoms with Crippen molar-refractivity contribution >= 4 is 40.2 Å². The lowest BCUT2D eigenvalue weighted by atomic mass is 10.1. The summed E-state index contributed by atoms with van der Waals surface area (Å²) in [7, 11) is 1.35. The van der Waals surface area contributed by atoms with Crippen molar-refractivity contribution in [2.24, 2.45) is 11.8 Å². The maximum Gasteiger partial charge on any atom is 0.302 e. The van der Waals surface area contributed by atoms with Gasteiger partial charge in [0.15, 0.2) is 11.6 Å². The van der Waals surface area contributed by atoms with Crippen LogP contribution in [0, 0.1) is 11.8 Å². The van der Waals surface area contributed by atoms with E-state index in [1.165, 1.54) is 21.0 Å². The zero-order valence-corrected chi connectivity index (χ0v) is 15.7. The van der Waals surface area contributed by atoms with Crippen LogP contribution in [0.4, 0.5) is 0 Å². The summed E-state index contributed by atoms with van der Waals surface area (Å²) < 4.78 is 4.11. The molecule has 0 aliphatic rings. The van der Waals surface area contributed by atoms with Gasteiger partial charge in [-0.1, -0.05) is 27.7 Å². The van der Waals surface area contributed by atoms with Gasteiger partial charge < -0.3 is 4.74 Å². The van der Waals surface area contributed by atoms with Crippen molar-refractivity contribution in [2.45, 2.75) is 54.4 Å². The normalized spacial score (nSPS) is 9.13. The van der Waals surface area contributed by atoms with Gasteiger partial charge in [0.1, 0.15) is 0 Å². The lowest BCUT2D eigenvalue weighted by Gasteiger charge is -1.98. The zero-order valence-electron chi connectivity index (χ0n) is 14.9. The Bertz CT molecular complexity index is 381. The summed E-state index contributed by atoms with van der Waals surface area (Å²) in [6.45, 7) is 10.2. The smallest absolute Gasteiger partial charge is 0.302 e. The Hall–Kier alpha value is -1.56. The Morgan fingerprint density at radius 2 is 1.13 bits per heavy atom. The Kier molecular flexibility index (Phi) is 17.6. The maximum atomic E-state index is 10.6. The molecule has 0 aliphatic heterocycles. The number of halogens is 1. The van der Waals surface area contributed by atoms with Gasteiger partial charge in [0.05, 0.1) is 7.11 Å². The molecule has 23 heavy (non-hydrogen) atoms. The van der Waals surface area contributed by atoms with Gasteiger partial charge in [-0.15, -0.1) is 0 Å². The lowest BCUT2D eigenvalue weighted by molar-refractivity contribution is -0.138. The van der Waals surface area contributed by atoms with Gasteiger partial charge in [0.25, 0.3) is 5.24 Å². The molecule has 0 saturated carbocycles. The van der Waals surface area contributed by atoms with Crippen LogP contribution in [0.5, 0.6) is 0 Å². The molecule has 0 atom stereocenters. The molecule has 0 radical (unpaired) electrons. The van der Waals surface area contributed by atoms with Crippen molar-refractivity contribution in [3.8, 4) is 0 Å². The van der Waals surface area contributed by atoms with Crippen LogP contribution in [0.25, 0.3) is 0 Å². The van der Waals surface area contributed by atoms with Crippen LogP contribution in [0.2, 0.25) is 0 Å². The molecule has 0 fully saturated rings. The molecule has 134 valence electrons. The minimum Gasteiger partial charge on any atom is -0.469 e. The zero-order chi connectivity index (χ0) is 19.2. The van der Waals surface area contributed by atoms with Crippen molar-refractivity contribution in [1.29, 1.82) is 0 Å². The lowest BCUT2D eigenvalue weighted by Crippen LogP contribution is -2.11. The summed E-state index contributed by atoms with van der Waals surface area (Å²) in [5.74, 6) is -0.827. The summed E-state index contributed by atoms with van der Waals surface area (Å²) in [6, 6.07) is 0. The van der Waals surface area contributed by atoms with E-state index in [1.54, 1.807) is 0 Å². The van der Waals surface area contributed by atoms with E-state index < -0.39 is 11.0 Å². The molecule has 0 saturated heterocycles. The predicted molar refractivity (Wildman–Crippen MR) is 88.2 cm³/mol. The minimum atomic E-state index is -0.858. The molecule has 7 heteroatoms. The molecule has 0 aromatic heterocycles. The second kappa shape index (κ2) is 15.3. The van der Waals surface area contributed by atoms with Crippen LogP contribution in [-0.2, 0) is 28.7 Å². The minimum absolute atomic E-state index is 0.209. The van der Waals surface area contributed by atoms with E-state index in [2.05, 4.69) is 4.74 Å². The SMILES string of the molecule is CC(=O)C(=O)CC(C)C.CC(C)CC(=O)C(=O)Cl.COC(C)=O. The first-order valence-electron chi connectivity index (χ1n) is 7.15. The van der Waals surface area contributed by atoms with E-state index in [-0.39, 0.29) is 29.9 Å². The highest BCUT2D eigenvalue weighted by Crippen LogP contribution is 2.01. The van der Waals surface area contributed by atoms with Crippen LogP contribution >= 0.6 is 11.6 Å². The quantitative estimate of drug-likeness (QED) is 0.415. The Balaban J connectivity index is -0.000000273. The number of carbonyl (C=O) groups excluding carboxylic acids is 5. The molecule has 0 N–H and O–H groups in total. The van der Waals surface area contributed by atoms with Crippen LogP contribution in [0.15, 0.2) is 0 Å². The number of Topliss-reactive ketones (excluding diaryl/α,β-unsaturated/α-hetero) is 3. The van der Waals surface area contributed by atoms with Crippen molar-refractivity contribution in [1.82, 2.24) is 0 Å². The molecular formula is C16H27ClO6. The molecule has 0 spiro atoms. The summed E-state index contributed by atoms with van der Waals surface area (Å²) in [6.07, 6.45) is 0.637. The van der Waals surface area contributed by atoms with E-state index in [9.17, 15) is 24.0 Å². The number of ketones is 3. The van der Waals surface area contributed by atoms with Gasteiger partial charge in [-0.25, -0.2) is 0 Å². The van der Waals surface area contributed by atoms with Crippen molar-refractivity contribution in [3.63, 3.8) is 0 Å². The van der Waals surface area contributed by atoms with E-state index in [1.807, 2.05) is 27.7 Å². The summed E-state index contributed by atoms with van der Waals surface area (Å²) >= 11 is 4.88. The standard InChI is InChI=1S/C7H12O2.C6H9ClO2.C3H6O2/c1-5(2)4-7(9)6(3)8;1-4(2)3-5(8)6(7)9;1-3(4)5-2/h5H,4H2,1-3H3;4H,3H2,1-2H3;1-2H3. The molecule has 0 unspecified atom stereocenters. The number of hydrogen-bond acceptors (Lipinski definition) is 6. The number of esters is 1. The Morgan fingerprint density at radius 1 is 0.826 bits per heavy atom. The van der Waals surface area contributed by atoms with Crippen molar-refractivity contribution in [3.05, 3.63) is 0 Å². The van der Waals surface area contributed by atoms with Crippen LogP contribution < -0.4 is 0 Å². The fraction of sp³-hybridized carbons (Fsp3) is 0.688. The highest BCUT2D eigenvalue weighted by Gasteiger charge is 2.11. The number of ether oxygens (including phenoxy) is 1. The summed E-state index contributed by atoms with van der Waals surface area (Å²) in [5.41, 5.74) is 0. The molecule has 0 heterocycles. The molecule has 0 aromatic rings. The van der Waals surface area contributed by atoms with E-state index in [0.29, 0.717) is 12.3 Å². The average molecular weight is 351 g/mol. The fourth-order valence-electron chi connectivity index (χ4n) is 0.966. The monoisotopic (exact) mass is 350 g/mol. The third-order valence-electron chi connectivity index (χ3n) is 2.09. The van der Waals surface area contributed by atoms with Gasteiger partial charge in [-0.3, -0.25) is 24.0 Å². The second-order valence-corrected chi connectivity index (χ2v) is 5.91. The number of methoxy groups -OCH3 is 1. The van der Waals surface area contributed by atoms with Gasteiger partial charge in [-0.2, -0.15) is 0 Å². The average Bonchev–Trinajstić information content (AvgIpc) is 2.38. The number of rotatable bonds is 6. The van der Waals surface area contributed by atoms with Gasteiger partial charge in [-0.05, 0) is 23.4 Å². The molecule has 0 aromatic carbocycles. The first-order valence-corrected chi connectivity index (χ1v) is 7.53. The molecule has 0 aliphatic carbocycles. The van der Waals surface area contributed by atoms with Crippen LogP contribution in [0.3, 0.4) is 0 Å². The largest absolute Gasteiger partial charge is 0.469 e. The first-order chi connectivity index (χ1) is 10.3. The highest BCUT2D eigenvalue weighted by molar-refractivity contribution is 6.81. The van der Waals surface area contributed by atoms with Crippen molar-refractivity contribution in [2.75, 3.05) is 7.11 Å². The number of carbonyl (C=O) groups is 5. The molecule has 0 rings (SSSR count). The fourth-order valence-corrected chi connectivity index (χ4v) is 1.04.